The molecule has 7 heteroatoms. The van der Waals surface area contributed by atoms with Gasteiger partial charge in [0.2, 0.25) is 0 Å². The Morgan fingerprint density at radius 1 is 1.24 bits per heavy atom. The molecule has 0 unspecified atom stereocenters. The summed E-state index contributed by atoms with van der Waals surface area (Å²) in [6.45, 7) is 0. The van der Waals surface area contributed by atoms with Crippen LogP contribution in [0.3, 0.4) is 0 Å². The van der Waals surface area contributed by atoms with Crippen LogP contribution in [0.1, 0.15) is 21.6 Å². The predicted molar refractivity (Wildman–Crippen MR) is 87.4 cm³/mol. The van der Waals surface area contributed by atoms with E-state index in [4.69, 9.17) is 28.5 Å². The molecule has 1 heterocycles. The molecule has 0 atom stereocenters. The van der Waals surface area contributed by atoms with Crippen LogP contribution < -0.4 is 0 Å². The van der Waals surface area contributed by atoms with E-state index in [2.05, 4.69) is 4.98 Å². The minimum absolute atomic E-state index is 0. The maximum atomic E-state index is 11.1. The lowest BCUT2D eigenvalue weighted by molar-refractivity contribution is 0.107. The number of hydrogen-bond donors (Lipinski definition) is 0. The molecule has 0 amide bonds. The first-order valence-corrected chi connectivity index (χ1v) is 7.32. The van der Waals surface area contributed by atoms with E-state index >= 15 is 0 Å². The second-order valence-electron chi connectivity index (χ2n) is 3.85. The highest BCUT2D eigenvalue weighted by Gasteiger charge is 2.10. The summed E-state index contributed by atoms with van der Waals surface area (Å²) in [4.78, 5) is 15.2. The fourth-order valence-corrected chi connectivity index (χ4v) is 2.64. The summed E-state index contributed by atoms with van der Waals surface area (Å²) in [5, 5.41) is 9.57. The number of pyridine rings is 1. The minimum Gasteiger partial charge on any atom is -0.274 e. The van der Waals surface area contributed by atoms with Crippen LogP contribution in [0, 0.1) is 11.3 Å². The van der Waals surface area contributed by atoms with Gasteiger partial charge in [-0.25, -0.2) is 4.98 Å². The summed E-state index contributed by atoms with van der Waals surface area (Å²) in [5.74, 6) is 0.624. The Balaban J connectivity index is 0.00000220. The normalized spacial score (nSPS) is 9.57. The molecule has 0 radical (unpaired) electrons. The summed E-state index contributed by atoms with van der Waals surface area (Å²) >= 11 is 12.6. The van der Waals surface area contributed by atoms with Gasteiger partial charge in [0.25, 0.3) is 5.24 Å². The van der Waals surface area contributed by atoms with Gasteiger partial charge < -0.3 is 0 Å². The average molecular weight is 360 g/mol. The highest BCUT2D eigenvalue weighted by Crippen LogP contribution is 2.25. The fraction of sp³-hybridized carbons (Fsp3) is 0.0714. The number of thioether (sulfide) groups is 1. The maximum Gasteiger partial charge on any atom is 0.270 e. The molecule has 0 aliphatic carbocycles. The molecule has 0 saturated carbocycles. The maximum absolute atomic E-state index is 11.1. The fourth-order valence-electron chi connectivity index (χ4n) is 1.48. The number of hydrogen-bond acceptors (Lipinski definition) is 4. The number of halogens is 3. The van der Waals surface area contributed by atoms with Gasteiger partial charge in [-0.3, -0.25) is 4.79 Å². The molecular formula is C14H9Cl3N2OS. The summed E-state index contributed by atoms with van der Waals surface area (Å²) in [6.07, 6.45) is 0. The van der Waals surface area contributed by atoms with E-state index < -0.39 is 5.24 Å². The first-order valence-electron chi connectivity index (χ1n) is 5.58. The number of carbonyl (C=O) groups is 1. The number of benzene rings is 1. The topological polar surface area (TPSA) is 53.8 Å². The number of rotatable bonds is 4. The molecule has 0 bridgehead atoms. The van der Waals surface area contributed by atoms with Gasteiger partial charge in [-0.15, -0.1) is 24.2 Å². The zero-order valence-electron chi connectivity index (χ0n) is 10.5. The van der Waals surface area contributed by atoms with Crippen LogP contribution in [0.15, 0.2) is 41.4 Å². The van der Waals surface area contributed by atoms with Crippen molar-refractivity contribution >= 4 is 52.6 Å². The van der Waals surface area contributed by atoms with E-state index in [0.717, 1.165) is 5.56 Å². The van der Waals surface area contributed by atoms with Crippen molar-refractivity contribution in [2.75, 3.05) is 0 Å². The van der Waals surface area contributed by atoms with Crippen molar-refractivity contribution in [2.45, 2.75) is 10.8 Å². The third kappa shape index (κ3) is 4.90. The van der Waals surface area contributed by atoms with Gasteiger partial charge in [0.05, 0.1) is 5.56 Å². The van der Waals surface area contributed by atoms with Crippen LogP contribution in [-0.2, 0) is 5.75 Å². The number of carbonyl (C=O) groups excluding carboxylic acids is 1. The van der Waals surface area contributed by atoms with E-state index in [9.17, 15) is 4.79 Å². The van der Waals surface area contributed by atoms with Gasteiger partial charge in [0.15, 0.2) is 0 Å². The summed E-state index contributed by atoms with van der Waals surface area (Å²) in [6, 6.07) is 12.4. The second kappa shape index (κ2) is 8.26. The van der Waals surface area contributed by atoms with Gasteiger partial charge in [-0.1, -0.05) is 23.7 Å². The van der Waals surface area contributed by atoms with E-state index in [0.29, 0.717) is 21.4 Å². The van der Waals surface area contributed by atoms with Crippen molar-refractivity contribution in [3.8, 4) is 6.07 Å². The molecular weight excluding hydrogens is 351 g/mol. The van der Waals surface area contributed by atoms with Gasteiger partial charge in [0, 0.05) is 10.8 Å². The Labute approximate surface area is 142 Å². The second-order valence-corrected chi connectivity index (χ2v) is 5.59. The largest absolute Gasteiger partial charge is 0.274 e. The summed E-state index contributed by atoms with van der Waals surface area (Å²) in [7, 11) is 0. The Morgan fingerprint density at radius 2 is 1.90 bits per heavy atom. The molecule has 0 fully saturated rings. The molecule has 1 aromatic heterocycles. The van der Waals surface area contributed by atoms with Crippen molar-refractivity contribution in [1.82, 2.24) is 4.98 Å². The molecule has 2 rings (SSSR count). The van der Waals surface area contributed by atoms with Crippen LogP contribution in [0.4, 0.5) is 0 Å². The van der Waals surface area contributed by atoms with Crippen LogP contribution in [0.25, 0.3) is 0 Å². The highest BCUT2D eigenvalue weighted by atomic mass is 35.5. The quantitative estimate of drug-likeness (QED) is 0.586. The molecule has 0 aliphatic heterocycles. The molecule has 0 spiro atoms. The minimum atomic E-state index is -0.636. The van der Waals surface area contributed by atoms with E-state index in [1.165, 1.54) is 17.8 Å². The lowest BCUT2D eigenvalue weighted by Gasteiger charge is -2.04. The zero-order valence-corrected chi connectivity index (χ0v) is 13.7. The molecule has 2 aromatic rings. The molecule has 0 saturated heterocycles. The molecule has 1 aromatic carbocycles. The van der Waals surface area contributed by atoms with Gasteiger partial charge in [-0.05, 0) is 41.4 Å². The van der Waals surface area contributed by atoms with E-state index in [-0.39, 0.29) is 18.1 Å². The first kappa shape index (κ1) is 17.8. The van der Waals surface area contributed by atoms with Gasteiger partial charge >= 0.3 is 0 Å². The van der Waals surface area contributed by atoms with Crippen LogP contribution >= 0.6 is 47.4 Å². The zero-order chi connectivity index (χ0) is 14.5. The molecule has 108 valence electrons. The van der Waals surface area contributed by atoms with Gasteiger partial charge in [-0.2, -0.15) is 5.26 Å². The monoisotopic (exact) mass is 358 g/mol. The van der Waals surface area contributed by atoms with Crippen molar-refractivity contribution in [3.05, 3.63) is 58.2 Å². The molecule has 0 N–H and O–H groups in total. The van der Waals surface area contributed by atoms with Gasteiger partial charge in [0.1, 0.15) is 16.8 Å². The van der Waals surface area contributed by atoms with Crippen molar-refractivity contribution in [2.24, 2.45) is 0 Å². The molecule has 3 nitrogen and oxygen atoms in total. The van der Waals surface area contributed by atoms with E-state index in [1.807, 2.05) is 18.2 Å². The third-order valence-corrected chi connectivity index (χ3v) is 3.98. The Hall–Kier alpha value is -1.25. The number of nitriles is 1. The first-order chi connectivity index (χ1) is 9.60. The van der Waals surface area contributed by atoms with Crippen LogP contribution in [0.2, 0.25) is 5.02 Å². The number of aromatic nitrogens is 1. The smallest absolute Gasteiger partial charge is 0.270 e. The Morgan fingerprint density at radius 3 is 2.48 bits per heavy atom. The third-order valence-electron chi connectivity index (χ3n) is 2.47. The van der Waals surface area contributed by atoms with Crippen molar-refractivity contribution in [1.29, 1.82) is 5.26 Å². The lowest BCUT2D eigenvalue weighted by atomic mass is 10.2. The summed E-state index contributed by atoms with van der Waals surface area (Å²) < 4.78 is 0. The van der Waals surface area contributed by atoms with E-state index in [1.54, 1.807) is 18.2 Å². The Bertz CT molecular complexity index is 684. The highest BCUT2D eigenvalue weighted by molar-refractivity contribution is 7.98. The van der Waals surface area contributed by atoms with Crippen molar-refractivity contribution in [3.63, 3.8) is 0 Å². The van der Waals surface area contributed by atoms with Crippen LogP contribution in [0.5, 0.6) is 0 Å². The van der Waals surface area contributed by atoms with Crippen LogP contribution in [-0.4, -0.2) is 10.2 Å². The molecule has 0 aliphatic rings. The number of nitrogens with zero attached hydrogens (tertiary/aromatic N) is 2. The van der Waals surface area contributed by atoms with Crippen molar-refractivity contribution < 1.29 is 4.79 Å². The predicted octanol–water partition coefficient (Wildman–Crippen LogP) is 4.70. The SMILES string of the molecule is Cl.N#Cc1ccc(C(=O)Cl)nc1SCc1ccc(Cl)cc1. The average Bonchev–Trinajstić information content (AvgIpc) is 2.46. The standard InChI is InChI=1S/C14H8Cl2N2OS.ClH/c15-11-4-1-9(2-5-11)8-20-14-10(7-17)3-6-12(18-14)13(16)19;/h1-6H,8H2;1H. The lowest BCUT2D eigenvalue weighted by Crippen LogP contribution is -1.97. The molecule has 21 heavy (non-hydrogen) atoms. The Kier molecular flexibility index (Phi) is 7.00. The summed E-state index contributed by atoms with van der Waals surface area (Å²) in [5.41, 5.74) is 1.61.